The van der Waals surface area contributed by atoms with E-state index in [2.05, 4.69) is 49.5 Å². The maximum Gasteiger partial charge on any atom is 0.0317 e. The lowest BCUT2D eigenvalue weighted by molar-refractivity contribution is 0.421. The van der Waals surface area contributed by atoms with Crippen molar-refractivity contribution >= 4 is 0 Å². The van der Waals surface area contributed by atoms with Gasteiger partial charge in [0.05, 0.1) is 0 Å². The van der Waals surface area contributed by atoms with Gasteiger partial charge in [-0.05, 0) is 43.2 Å². The summed E-state index contributed by atoms with van der Waals surface area (Å²) >= 11 is 0. The fraction of sp³-hybridized carbons (Fsp3) is 0.625. The van der Waals surface area contributed by atoms with Gasteiger partial charge in [-0.25, -0.2) is 0 Å². The van der Waals surface area contributed by atoms with E-state index in [0.29, 0.717) is 6.04 Å². The molecule has 1 heteroatoms. The highest BCUT2D eigenvalue weighted by Crippen LogP contribution is 2.30. The van der Waals surface area contributed by atoms with Crippen molar-refractivity contribution in [2.24, 2.45) is 11.8 Å². The first-order valence-electron chi connectivity index (χ1n) is 7.08. The predicted octanol–water partition coefficient (Wildman–Crippen LogP) is 4.16. The van der Waals surface area contributed by atoms with Crippen molar-refractivity contribution in [2.45, 2.75) is 45.6 Å². The van der Waals surface area contributed by atoms with Gasteiger partial charge in [0.25, 0.3) is 0 Å². The normalized spacial score (nSPS) is 26.0. The first-order chi connectivity index (χ1) is 8.29. The van der Waals surface area contributed by atoms with E-state index in [-0.39, 0.29) is 0 Å². The molecule has 1 aliphatic carbocycles. The van der Waals surface area contributed by atoms with E-state index in [9.17, 15) is 0 Å². The van der Waals surface area contributed by atoms with Crippen molar-refractivity contribution in [1.82, 2.24) is 5.32 Å². The molecule has 1 aromatic rings. The predicted molar refractivity (Wildman–Crippen MR) is 74.0 cm³/mol. The molecule has 1 aromatic carbocycles. The summed E-state index contributed by atoms with van der Waals surface area (Å²) in [5, 5.41) is 3.75. The van der Waals surface area contributed by atoms with Crippen molar-refractivity contribution in [2.75, 3.05) is 6.54 Å². The quantitative estimate of drug-likeness (QED) is 0.802. The van der Waals surface area contributed by atoms with Crippen molar-refractivity contribution in [3.05, 3.63) is 35.9 Å². The molecule has 1 fully saturated rings. The van der Waals surface area contributed by atoms with E-state index in [1.54, 1.807) is 0 Å². The van der Waals surface area contributed by atoms with Crippen LogP contribution in [0.3, 0.4) is 0 Å². The molecule has 2 rings (SSSR count). The second kappa shape index (κ2) is 6.20. The Hall–Kier alpha value is -0.820. The minimum atomic E-state index is 0.534. The fourth-order valence-electron chi connectivity index (χ4n) is 3.00. The van der Waals surface area contributed by atoms with E-state index in [1.165, 1.54) is 37.8 Å². The zero-order chi connectivity index (χ0) is 12.1. The Morgan fingerprint density at radius 2 is 2.00 bits per heavy atom. The third kappa shape index (κ3) is 3.57. The molecule has 0 heterocycles. The summed E-state index contributed by atoms with van der Waals surface area (Å²) in [5.41, 5.74) is 1.43. The largest absolute Gasteiger partial charge is 0.310 e. The molecule has 1 saturated carbocycles. The first kappa shape index (κ1) is 12.6. The van der Waals surface area contributed by atoms with Gasteiger partial charge in [0.15, 0.2) is 0 Å². The summed E-state index contributed by atoms with van der Waals surface area (Å²) in [6.07, 6.45) is 5.43. The molecule has 1 N–H and O–H groups in total. The van der Waals surface area contributed by atoms with Gasteiger partial charge in [-0.2, -0.15) is 0 Å². The van der Waals surface area contributed by atoms with Crippen molar-refractivity contribution in [3.8, 4) is 0 Å². The van der Waals surface area contributed by atoms with E-state index in [4.69, 9.17) is 0 Å². The van der Waals surface area contributed by atoms with Crippen LogP contribution in [-0.2, 0) is 0 Å². The second-order valence-electron chi connectivity index (χ2n) is 5.56. The molecule has 17 heavy (non-hydrogen) atoms. The highest BCUT2D eigenvalue weighted by Gasteiger charge is 2.21. The third-order valence-electron chi connectivity index (χ3n) is 4.07. The van der Waals surface area contributed by atoms with Gasteiger partial charge in [-0.15, -0.1) is 0 Å². The first-order valence-corrected chi connectivity index (χ1v) is 7.08. The molecule has 0 saturated heterocycles. The second-order valence-corrected chi connectivity index (χ2v) is 5.56. The Morgan fingerprint density at radius 3 is 2.59 bits per heavy atom. The van der Waals surface area contributed by atoms with Crippen molar-refractivity contribution in [1.29, 1.82) is 0 Å². The van der Waals surface area contributed by atoms with Crippen molar-refractivity contribution < 1.29 is 0 Å². The lowest BCUT2D eigenvalue weighted by atomic mass is 10.0. The van der Waals surface area contributed by atoms with Crippen LogP contribution in [0.1, 0.15) is 51.1 Å². The topological polar surface area (TPSA) is 12.0 Å². The van der Waals surface area contributed by atoms with Crippen LogP contribution < -0.4 is 5.32 Å². The van der Waals surface area contributed by atoms with Gasteiger partial charge in [0.2, 0.25) is 0 Å². The van der Waals surface area contributed by atoms with Crippen LogP contribution in [0.15, 0.2) is 30.3 Å². The van der Waals surface area contributed by atoms with Crippen LogP contribution in [0.4, 0.5) is 0 Å². The third-order valence-corrected chi connectivity index (χ3v) is 4.07. The average molecular weight is 231 g/mol. The SMILES string of the molecule is CCC(NCC1CCC(C)C1)c1ccccc1. The van der Waals surface area contributed by atoms with E-state index >= 15 is 0 Å². The molecule has 3 atom stereocenters. The smallest absolute Gasteiger partial charge is 0.0317 e. The number of benzene rings is 1. The van der Waals surface area contributed by atoms with Crippen LogP contribution in [0, 0.1) is 11.8 Å². The Labute approximate surface area is 106 Å². The number of hydrogen-bond donors (Lipinski definition) is 1. The molecule has 0 aromatic heterocycles. The molecule has 0 bridgehead atoms. The maximum absolute atomic E-state index is 3.75. The van der Waals surface area contributed by atoms with Gasteiger partial charge in [-0.3, -0.25) is 0 Å². The Bertz CT molecular complexity index is 320. The molecular formula is C16H25N. The summed E-state index contributed by atoms with van der Waals surface area (Å²) in [6.45, 7) is 5.84. The number of hydrogen-bond acceptors (Lipinski definition) is 1. The van der Waals surface area contributed by atoms with Gasteiger partial charge in [0, 0.05) is 6.04 Å². The molecule has 0 amide bonds. The average Bonchev–Trinajstić information content (AvgIpc) is 2.77. The highest BCUT2D eigenvalue weighted by atomic mass is 14.9. The minimum absolute atomic E-state index is 0.534. The molecule has 1 nitrogen and oxygen atoms in total. The Balaban J connectivity index is 1.84. The number of nitrogens with one attached hydrogen (secondary N) is 1. The summed E-state index contributed by atoms with van der Waals surface area (Å²) in [6, 6.07) is 11.4. The molecule has 94 valence electrons. The molecule has 3 unspecified atom stereocenters. The Morgan fingerprint density at radius 1 is 1.24 bits per heavy atom. The van der Waals surface area contributed by atoms with Gasteiger partial charge in [0.1, 0.15) is 0 Å². The lowest BCUT2D eigenvalue weighted by Gasteiger charge is -2.20. The summed E-state index contributed by atoms with van der Waals surface area (Å²) in [4.78, 5) is 0. The summed E-state index contributed by atoms with van der Waals surface area (Å²) in [5.74, 6) is 1.85. The van der Waals surface area contributed by atoms with Crippen LogP contribution in [0.2, 0.25) is 0 Å². The molecule has 0 radical (unpaired) electrons. The standard InChI is InChI=1S/C16H25N/c1-3-16(15-7-5-4-6-8-15)17-12-14-10-9-13(2)11-14/h4-8,13-14,16-17H,3,9-12H2,1-2H3. The van der Waals surface area contributed by atoms with Crippen LogP contribution in [0.5, 0.6) is 0 Å². The molecule has 1 aliphatic rings. The van der Waals surface area contributed by atoms with Gasteiger partial charge < -0.3 is 5.32 Å². The molecular weight excluding hydrogens is 206 g/mol. The van der Waals surface area contributed by atoms with E-state index in [1.807, 2.05) is 0 Å². The van der Waals surface area contributed by atoms with Gasteiger partial charge in [-0.1, -0.05) is 50.6 Å². The van der Waals surface area contributed by atoms with Crippen LogP contribution >= 0.6 is 0 Å². The maximum atomic E-state index is 3.75. The Kier molecular flexibility index (Phi) is 4.61. The van der Waals surface area contributed by atoms with E-state index < -0.39 is 0 Å². The summed E-state index contributed by atoms with van der Waals surface area (Å²) < 4.78 is 0. The molecule has 0 aliphatic heterocycles. The zero-order valence-electron chi connectivity index (χ0n) is 11.2. The van der Waals surface area contributed by atoms with E-state index in [0.717, 1.165) is 11.8 Å². The highest BCUT2D eigenvalue weighted by molar-refractivity contribution is 5.18. The van der Waals surface area contributed by atoms with Gasteiger partial charge >= 0.3 is 0 Å². The minimum Gasteiger partial charge on any atom is -0.310 e. The monoisotopic (exact) mass is 231 g/mol. The molecule has 0 spiro atoms. The lowest BCUT2D eigenvalue weighted by Crippen LogP contribution is -2.26. The van der Waals surface area contributed by atoms with Crippen LogP contribution in [0.25, 0.3) is 0 Å². The summed E-state index contributed by atoms with van der Waals surface area (Å²) in [7, 11) is 0. The number of rotatable bonds is 5. The van der Waals surface area contributed by atoms with Crippen molar-refractivity contribution in [3.63, 3.8) is 0 Å². The zero-order valence-corrected chi connectivity index (χ0v) is 11.2. The fourth-order valence-corrected chi connectivity index (χ4v) is 3.00. The van der Waals surface area contributed by atoms with Crippen LogP contribution in [-0.4, -0.2) is 6.54 Å².